The maximum Gasteiger partial charge on any atom is 0.187 e. The van der Waals surface area contributed by atoms with Crippen LogP contribution in [0, 0.1) is 5.92 Å². The fourth-order valence-electron chi connectivity index (χ4n) is 1.42. The molecule has 0 aliphatic carbocycles. The van der Waals surface area contributed by atoms with E-state index in [1.165, 1.54) is 0 Å². The zero-order valence-electron chi connectivity index (χ0n) is 7.67. The highest BCUT2D eigenvalue weighted by Crippen LogP contribution is 2.29. The van der Waals surface area contributed by atoms with E-state index in [2.05, 4.69) is 18.8 Å². The second kappa shape index (κ2) is 2.73. The molecule has 1 unspecified atom stereocenters. The third-order valence-corrected chi connectivity index (χ3v) is 2.61. The van der Waals surface area contributed by atoms with Gasteiger partial charge in [-0.05, 0) is 6.42 Å². The molecule has 0 aromatic heterocycles. The average Bonchev–Trinajstić information content (AvgIpc) is 2.46. The predicted molar refractivity (Wildman–Crippen MR) is 46.4 cm³/mol. The van der Waals surface area contributed by atoms with Gasteiger partial charge in [0.15, 0.2) is 5.90 Å². The van der Waals surface area contributed by atoms with E-state index in [-0.39, 0.29) is 5.54 Å². The lowest BCUT2D eigenvalue weighted by molar-refractivity contribution is -0.0608. The first-order chi connectivity index (χ1) is 5.76. The summed E-state index contributed by atoms with van der Waals surface area (Å²) in [5, 5.41) is 0. The minimum absolute atomic E-state index is 0.0127. The molecule has 0 saturated carbocycles. The molecule has 0 bridgehead atoms. The van der Waals surface area contributed by atoms with Crippen molar-refractivity contribution in [1.82, 2.24) is 0 Å². The lowest BCUT2D eigenvalue weighted by Crippen LogP contribution is -2.49. The van der Waals surface area contributed by atoms with Crippen LogP contribution in [0.5, 0.6) is 0 Å². The minimum atomic E-state index is 0.0127. The Balaban J connectivity index is 2.04. The molecule has 3 heteroatoms. The first kappa shape index (κ1) is 8.05. The van der Waals surface area contributed by atoms with Gasteiger partial charge in [0, 0.05) is 5.92 Å². The Bertz CT molecular complexity index is 209. The molecule has 3 nitrogen and oxygen atoms in total. The molecule has 2 aliphatic rings. The third kappa shape index (κ3) is 1.12. The third-order valence-electron chi connectivity index (χ3n) is 2.61. The van der Waals surface area contributed by atoms with Gasteiger partial charge in [0.1, 0.15) is 12.1 Å². The molecule has 0 amide bonds. The molecule has 0 aromatic carbocycles. The van der Waals surface area contributed by atoms with Crippen molar-refractivity contribution < 1.29 is 9.47 Å². The lowest BCUT2D eigenvalue weighted by Gasteiger charge is -2.32. The monoisotopic (exact) mass is 169 g/mol. The Morgan fingerprint density at radius 3 is 2.67 bits per heavy atom. The standard InChI is InChI=1S/C9H15NO2/c1-3-7(2)8-10-9(6-12-8)4-11-5-9/h7H,3-6H2,1-2H3. The first-order valence-electron chi connectivity index (χ1n) is 4.56. The molecule has 1 atom stereocenters. The summed E-state index contributed by atoms with van der Waals surface area (Å²) in [5.74, 6) is 1.39. The van der Waals surface area contributed by atoms with E-state index in [9.17, 15) is 0 Å². The van der Waals surface area contributed by atoms with Crippen LogP contribution in [-0.2, 0) is 9.47 Å². The highest BCUT2D eigenvalue weighted by molar-refractivity contribution is 5.80. The van der Waals surface area contributed by atoms with Gasteiger partial charge in [0.25, 0.3) is 0 Å². The van der Waals surface area contributed by atoms with Gasteiger partial charge in [-0.25, -0.2) is 4.99 Å². The molecule has 1 spiro atoms. The van der Waals surface area contributed by atoms with Crippen molar-refractivity contribution in [2.45, 2.75) is 25.8 Å². The molecule has 1 saturated heterocycles. The van der Waals surface area contributed by atoms with Gasteiger partial charge in [-0.3, -0.25) is 0 Å². The number of ether oxygens (including phenoxy) is 2. The number of aliphatic imine (C=N–C) groups is 1. The molecule has 0 N–H and O–H groups in total. The van der Waals surface area contributed by atoms with Crippen LogP contribution >= 0.6 is 0 Å². The fraction of sp³-hybridized carbons (Fsp3) is 0.889. The van der Waals surface area contributed by atoms with Crippen molar-refractivity contribution in [1.29, 1.82) is 0 Å². The van der Waals surface area contributed by atoms with E-state index in [0.717, 1.165) is 32.1 Å². The molecule has 12 heavy (non-hydrogen) atoms. The Kier molecular flexibility index (Phi) is 1.83. The summed E-state index contributed by atoms with van der Waals surface area (Å²) in [4.78, 5) is 4.57. The summed E-state index contributed by atoms with van der Waals surface area (Å²) in [6.45, 7) is 6.52. The summed E-state index contributed by atoms with van der Waals surface area (Å²) >= 11 is 0. The van der Waals surface area contributed by atoms with Crippen molar-refractivity contribution in [2.75, 3.05) is 19.8 Å². The van der Waals surface area contributed by atoms with Gasteiger partial charge in [-0.1, -0.05) is 13.8 Å². The molecule has 1 fully saturated rings. The number of rotatable bonds is 2. The smallest absolute Gasteiger partial charge is 0.187 e. The van der Waals surface area contributed by atoms with Gasteiger partial charge in [-0.15, -0.1) is 0 Å². The predicted octanol–water partition coefficient (Wildman–Crippen LogP) is 1.23. The maximum atomic E-state index is 5.53. The molecule has 2 aliphatic heterocycles. The quantitative estimate of drug-likeness (QED) is 0.622. The SMILES string of the molecule is CCC(C)C1=NC2(COC2)CO1. The van der Waals surface area contributed by atoms with Crippen molar-refractivity contribution in [3.63, 3.8) is 0 Å². The van der Waals surface area contributed by atoms with Crippen LogP contribution in [0.4, 0.5) is 0 Å². The van der Waals surface area contributed by atoms with Gasteiger partial charge in [0.05, 0.1) is 13.2 Å². The lowest BCUT2D eigenvalue weighted by atomic mass is 10.0. The van der Waals surface area contributed by atoms with Crippen molar-refractivity contribution >= 4 is 5.90 Å². The normalized spacial score (nSPS) is 27.7. The van der Waals surface area contributed by atoms with Gasteiger partial charge in [-0.2, -0.15) is 0 Å². The number of hydrogen-bond acceptors (Lipinski definition) is 3. The Labute approximate surface area is 72.8 Å². The van der Waals surface area contributed by atoms with E-state index in [0.29, 0.717) is 5.92 Å². The molecular weight excluding hydrogens is 154 g/mol. The summed E-state index contributed by atoms with van der Waals surface area (Å²) in [7, 11) is 0. The Hall–Kier alpha value is -0.570. The number of hydrogen-bond donors (Lipinski definition) is 0. The fourth-order valence-corrected chi connectivity index (χ4v) is 1.42. The Morgan fingerprint density at radius 2 is 2.25 bits per heavy atom. The Morgan fingerprint density at radius 1 is 1.50 bits per heavy atom. The molecular formula is C9H15NO2. The van der Waals surface area contributed by atoms with Crippen LogP contribution in [0.3, 0.4) is 0 Å². The number of nitrogens with zero attached hydrogens (tertiary/aromatic N) is 1. The van der Waals surface area contributed by atoms with Crippen LogP contribution < -0.4 is 0 Å². The maximum absolute atomic E-state index is 5.53. The van der Waals surface area contributed by atoms with Crippen LogP contribution in [0.2, 0.25) is 0 Å². The molecule has 2 rings (SSSR count). The zero-order valence-corrected chi connectivity index (χ0v) is 7.67. The highest BCUT2D eigenvalue weighted by Gasteiger charge is 2.44. The van der Waals surface area contributed by atoms with E-state index in [1.807, 2.05) is 0 Å². The van der Waals surface area contributed by atoms with E-state index < -0.39 is 0 Å². The molecule has 2 heterocycles. The molecule has 0 radical (unpaired) electrons. The summed E-state index contributed by atoms with van der Waals surface area (Å²) < 4.78 is 10.7. The largest absolute Gasteiger partial charge is 0.478 e. The van der Waals surface area contributed by atoms with Crippen LogP contribution in [-0.4, -0.2) is 31.3 Å². The molecule has 0 aromatic rings. The topological polar surface area (TPSA) is 30.8 Å². The zero-order chi connectivity index (χ0) is 8.60. The van der Waals surface area contributed by atoms with Gasteiger partial charge >= 0.3 is 0 Å². The average molecular weight is 169 g/mol. The summed E-state index contributed by atoms with van der Waals surface area (Å²) in [6.07, 6.45) is 1.09. The van der Waals surface area contributed by atoms with Crippen molar-refractivity contribution in [3.05, 3.63) is 0 Å². The first-order valence-corrected chi connectivity index (χ1v) is 4.56. The second-order valence-electron chi connectivity index (χ2n) is 3.77. The van der Waals surface area contributed by atoms with Crippen molar-refractivity contribution in [3.8, 4) is 0 Å². The van der Waals surface area contributed by atoms with E-state index in [4.69, 9.17) is 9.47 Å². The van der Waals surface area contributed by atoms with Crippen molar-refractivity contribution in [2.24, 2.45) is 10.9 Å². The van der Waals surface area contributed by atoms with Crippen LogP contribution in [0.1, 0.15) is 20.3 Å². The summed E-state index contributed by atoms with van der Waals surface area (Å²) in [5.41, 5.74) is 0.0127. The van der Waals surface area contributed by atoms with Crippen LogP contribution in [0.15, 0.2) is 4.99 Å². The van der Waals surface area contributed by atoms with Gasteiger partial charge < -0.3 is 9.47 Å². The highest BCUT2D eigenvalue weighted by atomic mass is 16.5. The second-order valence-corrected chi connectivity index (χ2v) is 3.77. The minimum Gasteiger partial charge on any atom is -0.478 e. The molecule has 68 valence electrons. The summed E-state index contributed by atoms with van der Waals surface area (Å²) in [6, 6.07) is 0. The van der Waals surface area contributed by atoms with Gasteiger partial charge in [0.2, 0.25) is 0 Å². The van der Waals surface area contributed by atoms with E-state index in [1.54, 1.807) is 0 Å². The van der Waals surface area contributed by atoms with Crippen LogP contribution in [0.25, 0.3) is 0 Å². The van der Waals surface area contributed by atoms with E-state index >= 15 is 0 Å².